The zero-order valence-corrected chi connectivity index (χ0v) is 13.1. The quantitative estimate of drug-likeness (QED) is 0.894. The molecule has 0 radical (unpaired) electrons. The van der Waals surface area contributed by atoms with E-state index in [1.54, 1.807) is 7.11 Å². The highest BCUT2D eigenvalue weighted by Crippen LogP contribution is 2.22. The third-order valence-electron chi connectivity index (χ3n) is 3.27. The molecule has 1 atom stereocenters. The standard InChI is InChI=1S/C14H21BrN2O2/c1-17-5-6-19-13(10-17)9-16-8-11-7-12(15)3-4-14(11)18-2/h3-4,7,13,16H,5-6,8-10H2,1-2H3/t13-/m1/s1. The number of rotatable bonds is 5. The summed E-state index contributed by atoms with van der Waals surface area (Å²) in [7, 11) is 3.83. The Morgan fingerprint density at radius 1 is 1.53 bits per heavy atom. The van der Waals surface area contributed by atoms with E-state index in [0.717, 1.165) is 48.6 Å². The van der Waals surface area contributed by atoms with E-state index < -0.39 is 0 Å². The summed E-state index contributed by atoms with van der Waals surface area (Å²) in [4.78, 5) is 2.30. The summed E-state index contributed by atoms with van der Waals surface area (Å²) < 4.78 is 12.1. The van der Waals surface area contributed by atoms with Gasteiger partial charge >= 0.3 is 0 Å². The molecule has 0 spiro atoms. The van der Waals surface area contributed by atoms with Gasteiger partial charge in [0.2, 0.25) is 0 Å². The predicted molar refractivity (Wildman–Crippen MR) is 79.6 cm³/mol. The lowest BCUT2D eigenvalue weighted by molar-refractivity contribution is -0.0182. The molecule has 19 heavy (non-hydrogen) atoms. The van der Waals surface area contributed by atoms with Crippen molar-refractivity contribution in [3.8, 4) is 5.75 Å². The monoisotopic (exact) mass is 328 g/mol. The summed E-state index contributed by atoms with van der Waals surface area (Å²) >= 11 is 3.49. The zero-order valence-electron chi connectivity index (χ0n) is 11.5. The smallest absolute Gasteiger partial charge is 0.123 e. The third-order valence-corrected chi connectivity index (χ3v) is 3.77. The van der Waals surface area contributed by atoms with E-state index in [0.29, 0.717) is 0 Å². The Kier molecular flexibility index (Phi) is 5.63. The number of likely N-dealkylation sites (N-methyl/N-ethyl adjacent to an activating group) is 1. The van der Waals surface area contributed by atoms with Gasteiger partial charge in [-0.2, -0.15) is 0 Å². The third kappa shape index (κ3) is 4.45. The number of benzene rings is 1. The van der Waals surface area contributed by atoms with Gasteiger partial charge < -0.3 is 19.7 Å². The van der Waals surface area contributed by atoms with Crippen LogP contribution in [0.15, 0.2) is 22.7 Å². The topological polar surface area (TPSA) is 33.7 Å². The highest BCUT2D eigenvalue weighted by atomic mass is 79.9. The van der Waals surface area contributed by atoms with E-state index in [2.05, 4.69) is 39.3 Å². The fraction of sp³-hybridized carbons (Fsp3) is 0.571. The SMILES string of the molecule is COc1ccc(Br)cc1CNC[C@@H]1CN(C)CCO1. The number of nitrogens with zero attached hydrogens (tertiary/aromatic N) is 1. The molecule has 1 saturated heterocycles. The molecule has 1 aromatic rings. The van der Waals surface area contributed by atoms with Crippen LogP contribution in [0.4, 0.5) is 0 Å². The Labute approximate surface area is 123 Å². The normalized spacial score (nSPS) is 20.5. The van der Waals surface area contributed by atoms with Crippen molar-refractivity contribution < 1.29 is 9.47 Å². The highest BCUT2D eigenvalue weighted by Gasteiger charge is 2.17. The van der Waals surface area contributed by atoms with E-state index >= 15 is 0 Å². The molecule has 4 nitrogen and oxygen atoms in total. The van der Waals surface area contributed by atoms with Crippen LogP contribution < -0.4 is 10.1 Å². The number of nitrogens with one attached hydrogen (secondary N) is 1. The molecule has 0 aliphatic carbocycles. The second kappa shape index (κ2) is 7.24. The predicted octanol–water partition coefficient (Wildman–Crippen LogP) is 1.88. The first-order chi connectivity index (χ1) is 9.19. The summed E-state index contributed by atoms with van der Waals surface area (Å²) in [5.74, 6) is 0.914. The van der Waals surface area contributed by atoms with Gasteiger partial charge in [-0.25, -0.2) is 0 Å². The van der Waals surface area contributed by atoms with Crippen LogP contribution in [0.25, 0.3) is 0 Å². The fourth-order valence-electron chi connectivity index (χ4n) is 2.24. The van der Waals surface area contributed by atoms with Gasteiger partial charge in [-0.1, -0.05) is 15.9 Å². The minimum atomic E-state index is 0.275. The maximum atomic E-state index is 5.72. The molecule has 1 aromatic carbocycles. The molecule has 0 aromatic heterocycles. The van der Waals surface area contributed by atoms with Gasteiger partial charge in [0.25, 0.3) is 0 Å². The lowest BCUT2D eigenvalue weighted by atomic mass is 10.2. The number of hydrogen-bond donors (Lipinski definition) is 1. The van der Waals surface area contributed by atoms with Crippen molar-refractivity contribution >= 4 is 15.9 Å². The molecule has 0 saturated carbocycles. The lowest BCUT2D eigenvalue weighted by Gasteiger charge is -2.30. The highest BCUT2D eigenvalue weighted by molar-refractivity contribution is 9.10. The average Bonchev–Trinajstić information content (AvgIpc) is 2.39. The van der Waals surface area contributed by atoms with Crippen LogP contribution in [-0.4, -0.2) is 51.4 Å². The molecule has 1 aliphatic heterocycles. The first-order valence-electron chi connectivity index (χ1n) is 6.52. The second-order valence-corrected chi connectivity index (χ2v) is 5.76. The van der Waals surface area contributed by atoms with Gasteiger partial charge in [0.1, 0.15) is 5.75 Å². The molecular weight excluding hydrogens is 308 g/mol. The molecule has 0 unspecified atom stereocenters. The molecule has 1 fully saturated rings. The van der Waals surface area contributed by atoms with Crippen LogP contribution in [-0.2, 0) is 11.3 Å². The Morgan fingerprint density at radius 2 is 2.37 bits per heavy atom. The molecule has 106 valence electrons. The Bertz CT molecular complexity index is 414. The molecular formula is C14H21BrN2O2. The van der Waals surface area contributed by atoms with Crippen molar-refractivity contribution in [2.75, 3.05) is 40.4 Å². The lowest BCUT2D eigenvalue weighted by Crippen LogP contribution is -2.44. The van der Waals surface area contributed by atoms with E-state index in [-0.39, 0.29) is 6.10 Å². The van der Waals surface area contributed by atoms with Crippen LogP contribution in [0.1, 0.15) is 5.56 Å². The number of morpholine rings is 1. The molecule has 1 N–H and O–H groups in total. The Morgan fingerprint density at radius 3 is 3.11 bits per heavy atom. The molecule has 1 heterocycles. The fourth-order valence-corrected chi connectivity index (χ4v) is 2.65. The van der Waals surface area contributed by atoms with Crippen LogP contribution in [0, 0.1) is 0 Å². The first-order valence-corrected chi connectivity index (χ1v) is 7.31. The minimum Gasteiger partial charge on any atom is -0.496 e. The molecule has 5 heteroatoms. The van der Waals surface area contributed by atoms with Gasteiger partial charge in [0, 0.05) is 36.2 Å². The van der Waals surface area contributed by atoms with Gasteiger partial charge in [0.05, 0.1) is 19.8 Å². The Balaban J connectivity index is 1.83. The van der Waals surface area contributed by atoms with Crippen molar-refractivity contribution in [3.05, 3.63) is 28.2 Å². The first kappa shape index (κ1) is 14.8. The van der Waals surface area contributed by atoms with Crippen LogP contribution in [0.5, 0.6) is 5.75 Å². The molecule has 0 amide bonds. The maximum absolute atomic E-state index is 5.72. The summed E-state index contributed by atoms with van der Waals surface area (Å²) in [6, 6.07) is 6.05. The molecule has 0 bridgehead atoms. The molecule has 2 rings (SSSR count). The van der Waals surface area contributed by atoms with Crippen molar-refractivity contribution in [2.45, 2.75) is 12.6 Å². The van der Waals surface area contributed by atoms with Gasteiger partial charge in [-0.3, -0.25) is 0 Å². The minimum absolute atomic E-state index is 0.275. The van der Waals surface area contributed by atoms with Crippen molar-refractivity contribution in [1.29, 1.82) is 0 Å². The second-order valence-electron chi connectivity index (χ2n) is 4.84. The maximum Gasteiger partial charge on any atom is 0.123 e. The number of hydrogen-bond acceptors (Lipinski definition) is 4. The van der Waals surface area contributed by atoms with E-state index in [1.807, 2.05) is 12.1 Å². The summed E-state index contributed by atoms with van der Waals surface area (Å²) in [5, 5.41) is 3.44. The summed E-state index contributed by atoms with van der Waals surface area (Å²) in [6.07, 6.45) is 0.275. The molecule has 1 aliphatic rings. The summed E-state index contributed by atoms with van der Waals surface area (Å²) in [5.41, 5.74) is 1.15. The van der Waals surface area contributed by atoms with Crippen LogP contribution >= 0.6 is 15.9 Å². The van der Waals surface area contributed by atoms with E-state index in [9.17, 15) is 0 Å². The zero-order chi connectivity index (χ0) is 13.7. The average molecular weight is 329 g/mol. The van der Waals surface area contributed by atoms with Crippen molar-refractivity contribution in [2.24, 2.45) is 0 Å². The largest absolute Gasteiger partial charge is 0.496 e. The van der Waals surface area contributed by atoms with Gasteiger partial charge in [-0.05, 0) is 25.2 Å². The van der Waals surface area contributed by atoms with E-state index in [1.165, 1.54) is 0 Å². The van der Waals surface area contributed by atoms with Crippen LogP contribution in [0.2, 0.25) is 0 Å². The van der Waals surface area contributed by atoms with Crippen molar-refractivity contribution in [1.82, 2.24) is 10.2 Å². The van der Waals surface area contributed by atoms with E-state index in [4.69, 9.17) is 9.47 Å². The van der Waals surface area contributed by atoms with Gasteiger partial charge in [0.15, 0.2) is 0 Å². The summed E-state index contributed by atoms with van der Waals surface area (Å²) in [6.45, 7) is 4.48. The Hall–Kier alpha value is -0.620. The number of methoxy groups -OCH3 is 1. The van der Waals surface area contributed by atoms with Crippen LogP contribution in [0.3, 0.4) is 0 Å². The van der Waals surface area contributed by atoms with Crippen molar-refractivity contribution in [3.63, 3.8) is 0 Å². The number of ether oxygens (including phenoxy) is 2. The number of halogens is 1. The van der Waals surface area contributed by atoms with Gasteiger partial charge in [-0.15, -0.1) is 0 Å².